The molecule has 0 spiro atoms. The minimum Gasteiger partial charge on any atom is -0.391 e. The summed E-state index contributed by atoms with van der Waals surface area (Å²) in [5, 5.41) is 0. The number of carbonyl (C=O) groups excluding carboxylic acids is 1. The molecule has 0 N–H and O–H groups in total. The van der Waals surface area contributed by atoms with Crippen molar-refractivity contribution < 1.29 is 9.53 Å². The number of carbonyl (C=O) groups is 1. The molecule has 3 rings (SSSR count). The normalized spacial score (nSPS) is 36.8. The molecule has 0 bridgehead atoms. The Hall–Kier alpha value is -1.06. The smallest absolute Gasteiger partial charge is 0.333 e. The van der Waals surface area contributed by atoms with E-state index in [2.05, 4.69) is 4.99 Å². The summed E-state index contributed by atoms with van der Waals surface area (Å²) in [6, 6.07) is 1.00. The largest absolute Gasteiger partial charge is 0.391 e. The van der Waals surface area contributed by atoms with E-state index >= 15 is 0 Å². The number of rotatable bonds is 0. The molecule has 13 heavy (non-hydrogen) atoms. The maximum Gasteiger partial charge on any atom is 0.333 e. The minimum absolute atomic E-state index is 0.154. The Bertz CT molecular complexity index is 287. The number of esters is 1. The van der Waals surface area contributed by atoms with Crippen molar-refractivity contribution in [3.8, 4) is 0 Å². The van der Waals surface area contributed by atoms with Crippen LogP contribution in [0.5, 0.6) is 0 Å². The summed E-state index contributed by atoms with van der Waals surface area (Å²) in [5.74, 6) is 0.511. The summed E-state index contributed by atoms with van der Waals surface area (Å²) in [5.41, 5.74) is 0. The standard InChI is InChI=1S/C9H12N2O2/c12-8-5-11-4-6-2-1-3-7(6)10-9(11)13-8/h6-7H,1-5H2. The highest BCUT2D eigenvalue weighted by molar-refractivity contribution is 5.95. The van der Waals surface area contributed by atoms with Gasteiger partial charge in [0.2, 0.25) is 0 Å². The molecule has 0 radical (unpaired) electrons. The van der Waals surface area contributed by atoms with Crippen LogP contribution in [0.25, 0.3) is 0 Å². The first kappa shape index (κ1) is 7.35. The molecular formula is C9H12N2O2. The Balaban J connectivity index is 1.89. The fourth-order valence-electron chi connectivity index (χ4n) is 2.50. The van der Waals surface area contributed by atoms with Gasteiger partial charge in [-0.1, -0.05) is 6.42 Å². The maximum atomic E-state index is 11.0. The number of amidine groups is 1. The molecule has 4 nitrogen and oxygen atoms in total. The fourth-order valence-corrected chi connectivity index (χ4v) is 2.50. The second-order valence-electron chi connectivity index (χ2n) is 4.02. The summed E-state index contributed by atoms with van der Waals surface area (Å²) >= 11 is 0. The van der Waals surface area contributed by atoms with Gasteiger partial charge in [0.05, 0.1) is 6.04 Å². The van der Waals surface area contributed by atoms with E-state index in [0.717, 1.165) is 6.54 Å². The lowest BCUT2D eigenvalue weighted by Gasteiger charge is -2.27. The van der Waals surface area contributed by atoms with Crippen LogP contribution < -0.4 is 0 Å². The van der Waals surface area contributed by atoms with Crippen molar-refractivity contribution in [1.82, 2.24) is 4.90 Å². The Morgan fingerprint density at radius 1 is 1.46 bits per heavy atom. The third kappa shape index (κ3) is 1.04. The van der Waals surface area contributed by atoms with E-state index in [9.17, 15) is 4.79 Å². The molecule has 2 fully saturated rings. The summed E-state index contributed by atoms with van der Waals surface area (Å²) in [6.07, 6.45) is 3.69. The fraction of sp³-hybridized carbons (Fsp3) is 0.778. The third-order valence-electron chi connectivity index (χ3n) is 3.15. The number of aliphatic imine (C=N–C) groups is 1. The number of hydrogen-bond donors (Lipinski definition) is 0. The number of hydrogen-bond acceptors (Lipinski definition) is 4. The first-order valence-corrected chi connectivity index (χ1v) is 4.86. The monoisotopic (exact) mass is 180 g/mol. The first-order valence-electron chi connectivity index (χ1n) is 4.86. The highest BCUT2D eigenvalue weighted by Gasteiger charge is 2.39. The lowest BCUT2D eigenvalue weighted by molar-refractivity contribution is -0.132. The molecule has 3 aliphatic rings. The van der Waals surface area contributed by atoms with Crippen molar-refractivity contribution in [3.05, 3.63) is 0 Å². The van der Waals surface area contributed by atoms with Gasteiger partial charge in [-0.05, 0) is 18.8 Å². The molecule has 0 amide bonds. The molecule has 70 valence electrons. The van der Waals surface area contributed by atoms with Crippen LogP contribution in [0.4, 0.5) is 0 Å². The van der Waals surface area contributed by atoms with Crippen LogP contribution in [-0.2, 0) is 9.53 Å². The van der Waals surface area contributed by atoms with Crippen LogP contribution in [0.3, 0.4) is 0 Å². The van der Waals surface area contributed by atoms with Crippen LogP contribution in [0, 0.1) is 5.92 Å². The van der Waals surface area contributed by atoms with Crippen molar-refractivity contribution >= 4 is 12.0 Å². The summed E-state index contributed by atoms with van der Waals surface area (Å²) in [6.45, 7) is 1.37. The van der Waals surface area contributed by atoms with Gasteiger partial charge in [-0.3, -0.25) is 0 Å². The predicted molar refractivity (Wildman–Crippen MR) is 46.2 cm³/mol. The second-order valence-corrected chi connectivity index (χ2v) is 4.02. The van der Waals surface area contributed by atoms with E-state index in [-0.39, 0.29) is 5.97 Å². The van der Waals surface area contributed by atoms with E-state index in [0.29, 0.717) is 24.5 Å². The SMILES string of the molecule is O=C1CN2CC3CCCC3N=C2O1. The van der Waals surface area contributed by atoms with Gasteiger partial charge in [-0.2, -0.15) is 0 Å². The van der Waals surface area contributed by atoms with Gasteiger partial charge in [0.25, 0.3) is 6.02 Å². The molecule has 2 heterocycles. The van der Waals surface area contributed by atoms with Crippen LogP contribution in [-0.4, -0.2) is 36.0 Å². The van der Waals surface area contributed by atoms with E-state index in [1.807, 2.05) is 4.90 Å². The molecule has 1 saturated carbocycles. The number of ether oxygens (including phenoxy) is 1. The van der Waals surface area contributed by atoms with Gasteiger partial charge < -0.3 is 9.64 Å². The molecular weight excluding hydrogens is 168 g/mol. The van der Waals surface area contributed by atoms with Gasteiger partial charge in [0.1, 0.15) is 6.54 Å². The van der Waals surface area contributed by atoms with Crippen LogP contribution in [0.2, 0.25) is 0 Å². The lowest BCUT2D eigenvalue weighted by Crippen LogP contribution is -2.39. The van der Waals surface area contributed by atoms with Gasteiger partial charge in [0, 0.05) is 6.54 Å². The molecule has 1 saturated heterocycles. The topological polar surface area (TPSA) is 41.9 Å². The van der Waals surface area contributed by atoms with Crippen LogP contribution in [0.1, 0.15) is 19.3 Å². The van der Waals surface area contributed by atoms with Crippen LogP contribution in [0.15, 0.2) is 4.99 Å². The van der Waals surface area contributed by atoms with Crippen molar-refractivity contribution in [2.45, 2.75) is 25.3 Å². The quantitative estimate of drug-likeness (QED) is 0.506. The van der Waals surface area contributed by atoms with Gasteiger partial charge in [-0.25, -0.2) is 9.79 Å². The van der Waals surface area contributed by atoms with Crippen molar-refractivity contribution in [3.63, 3.8) is 0 Å². The first-order chi connectivity index (χ1) is 6.33. The second kappa shape index (κ2) is 2.47. The highest BCUT2D eigenvalue weighted by atomic mass is 16.6. The van der Waals surface area contributed by atoms with Crippen LogP contribution >= 0.6 is 0 Å². The Kier molecular flexibility index (Phi) is 1.39. The average Bonchev–Trinajstić information content (AvgIpc) is 2.63. The Morgan fingerprint density at radius 3 is 3.31 bits per heavy atom. The third-order valence-corrected chi connectivity index (χ3v) is 3.15. The molecule has 0 aromatic heterocycles. The molecule has 1 aliphatic carbocycles. The Morgan fingerprint density at radius 2 is 2.38 bits per heavy atom. The van der Waals surface area contributed by atoms with Crippen molar-refractivity contribution in [2.75, 3.05) is 13.1 Å². The summed E-state index contributed by atoms with van der Waals surface area (Å²) < 4.78 is 5.01. The number of fused-ring (bicyclic) bond motifs is 2. The zero-order chi connectivity index (χ0) is 8.84. The molecule has 0 aromatic rings. The minimum atomic E-state index is -0.154. The molecule has 2 unspecified atom stereocenters. The van der Waals surface area contributed by atoms with E-state index in [4.69, 9.17) is 4.74 Å². The Labute approximate surface area is 76.6 Å². The zero-order valence-corrected chi connectivity index (χ0v) is 7.40. The molecule has 4 heteroatoms. The predicted octanol–water partition coefficient (Wildman–Crippen LogP) is 0.384. The van der Waals surface area contributed by atoms with Gasteiger partial charge in [-0.15, -0.1) is 0 Å². The number of nitrogens with zero attached hydrogens (tertiary/aromatic N) is 2. The lowest BCUT2D eigenvalue weighted by atomic mass is 10.0. The molecule has 0 aromatic carbocycles. The van der Waals surface area contributed by atoms with Crippen molar-refractivity contribution in [1.29, 1.82) is 0 Å². The van der Waals surface area contributed by atoms with Gasteiger partial charge >= 0.3 is 5.97 Å². The summed E-state index contributed by atoms with van der Waals surface area (Å²) in [4.78, 5) is 17.4. The molecule has 2 aliphatic heterocycles. The summed E-state index contributed by atoms with van der Waals surface area (Å²) in [7, 11) is 0. The van der Waals surface area contributed by atoms with E-state index < -0.39 is 0 Å². The van der Waals surface area contributed by atoms with Crippen molar-refractivity contribution in [2.24, 2.45) is 10.9 Å². The van der Waals surface area contributed by atoms with Gasteiger partial charge in [0.15, 0.2) is 0 Å². The zero-order valence-electron chi connectivity index (χ0n) is 7.40. The molecule has 2 atom stereocenters. The van der Waals surface area contributed by atoms with E-state index in [1.165, 1.54) is 19.3 Å². The highest BCUT2D eigenvalue weighted by Crippen LogP contribution is 2.33. The maximum absolute atomic E-state index is 11.0. The average molecular weight is 180 g/mol. The van der Waals surface area contributed by atoms with E-state index in [1.54, 1.807) is 0 Å².